The van der Waals surface area contributed by atoms with E-state index in [1.165, 1.54) is 11.4 Å². The second-order valence-corrected chi connectivity index (χ2v) is 7.01. The maximum Gasteiger partial charge on any atom is 0.319 e. The zero-order chi connectivity index (χ0) is 16.9. The summed E-state index contributed by atoms with van der Waals surface area (Å²) in [6.45, 7) is 1.25. The molecule has 0 saturated carbocycles. The molecule has 1 fully saturated rings. The first-order valence-electron chi connectivity index (χ1n) is 7.20. The highest BCUT2D eigenvalue weighted by atomic mass is 32.2. The second-order valence-electron chi connectivity index (χ2n) is 5.00. The minimum absolute atomic E-state index is 0.137. The molecule has 2 amide bonds. The van der Waals surface area contributed by atoms with Gasteiger partial charge in [0, 0.05) is 32.0 Å². The molecule has 1 saturated heterocycles. The van der Waals surface area contributed by atoms with Gasteiger partial charge in [-0.2, -0.15) is 0 Å². The monoisotopic (exact) mass is 343 g/mol. The SMILES string of the molecule is COCCNC(=O)Nc1ccc(N2CCCS2(=O)=O)c(OC)c1. The highest BCUT2D eigenvalue weighted by Gasteiger charge is 2.30. The molecule has 0 unspecified atom stereocenters. The number of hydrogen-bond acceptors (Lipinski definition) is 5. The molecule has 9 heteroatoms. The van der Waals surface area contributed by atoms with Crippen molar-refractivity contribution >= 4 is 27.4 Å². The quantitative estimate of drug-likeness (QED) is 0.751. The lowest BCUT2D eigenvalue weighted by atomic mass is 10.2. The van der Waals surface area contributed by atoms with Gasteiger partial charge in [-0.05, 0) is 18.6 Å². The third-order valence-electron chi connectivity index (χ3n) is 3.40. The van der Waals surface area contributed by atoms with Gasteiger partial charge in [0.2, 0.25) is 10.0 Å². The number of ether oxygens (including phenoxy) is 2. The topological polar surface area (TPSA) is 97.0 Å². The average Bonchev–Trinajstić information content (AvgIpc) is 2.86. The molecular formula is C14H21N3O5S. The Morgan fingerprint density at radius 3 is 2.74 bits per heavy atom. The van der Waals surface area contributed by atoms with Gasteiger partial charge in [0.1, 0.15) is 5.75 Å². The van der Waals surface area contributed by atoms with Crippen molar-refractivity contribution in [2.45, 2.75) is 6.42 Å². The molecule has 0 spiro atoms. The van der Waals surface area contributed by atoms with Crippen LogP contribution in [0.3, 0.4) is 0 Å². The van der Waals surface area contributed by atoms with E-state index < -0.39 is 10.0 Å². The molecule has 2 rings (SSSR count). The Hall–Kier alpha value is -2.00. The number of benzene rings is 1. The average molecular weight is 343 g/mol. The Bertz CT molecular complexity index is 662. The normalized spacial score (nSPS) is 16.2. The number of carbonyl (C=O) groups excluding carboxylic acids is 1. The van der Waals surface area contributed by atoms with Crippen LogP contribution in [-0.2, 0) is 14.8 Å². The summed E-state index contributed by atoms with van der Waals surface area (Å²) in [7, 11) is -0.270. The van der Waals surface area contributed by atoms with E-state index in [1.54, 1.807) is 25.3 Å². The van der Waals surface area contributed by atoms with Gasteiger partial charge in [-0.3, -0.25) is 4.31 Å². The van der Waals surface area contributed by atoms with Gasteiger partial charge in [0.25, 0.3) is 0 Å². The van der Waals surface area contributed by atoms with Crippen LogP contribution in [0.25, 0.3) is 0 Å². The molecule has 0 radical (unpaired) electrons. The van der Waals surface area contributed by atoms with Crippen LogP contribution in [0, 0.1) is 0 Å². The van der Waals surface area contributed by atoms with Crippen LogP contribution in [0.15, 0.2) is 18.2 Å². The van der Waals surface area contributed by atoms with Crippen LogP contribution in [0.4, 0.5) is 16.2 Å². The fourth-order valence-electron chi connectivity index (χ4n) is 2.31. The Kier molecular flexibility index (Phi) is 5.67. The Balaban J connectivity index is 2.12. The zero-order valence-electron chi connectivity index (χ0n) is 13.2. The van der Waals surface area contributed by atoms with E-state index in [1.807, 2.05) is 0 Å². The van der Waals surface area contributed by atoms with Gasteiger partial charge in [-0.25, -0.2) is 13.2 Å². The van der Waals surface area contributed by atoms with Crippen LogP contribution in [0.1, 0.15) is 6.42 Å². The summed E-state index contributed by atoms with van der Waals surface area (Å²) < 4.78 is 35.5. The first kappa shape index (κ1) is 17.4. The number of hydrogen-bond donors (Lipinski definition) is 2. The largest absolute Gasteiger partial charge is 0.494 e. The van der Waals surface area contributed by atoms with E-state index in [4.69, 9.17) is 9.47 Å². The summed E-state index contributed by atoms with van der Waals surface area (Å²) in [5, 5.41) is 5.29. The van der Waals surface area contributed by atoms with E-state index >= 15 is 0 Å². The predicted molar refractivity (Wildman–Crippen MR) is 87.6 cm³/mol. The molecule has 0 aromatic heterocycles. The number of amides is 2. The number of sulfonamides is 1. The molecule has 23 heavy (non-hydrogen) atoms. The van der Waals surface area contributed by atoms with Crippen LogP contribution < -0.4 is 19.7 Å². The van der Waals surface area contributed by atoms with Gasteiger partial charge in [0.05, 0.1) is 25.2 Å². The molecule has 8 nitrogen and oxygen atoms in total. The maximum atomic E-state index is 12.0. The predicted octanol–water partition coefficient (Wildman–Crippen LogP) is 1.00. The molecule has 1 aromatic carbocycles. The van der Waals surface area contributed by atoms with Crippen LogP contribution in [0.2, 0.25) is 0 Å². The van der Waals surface area contributed by atoms with Crippen molar-refractivity contribution in [2.24, 2.45) is 0 Å². The fraction of sp³-hybridized carbons (Fsp3) is 0.500. The van der Waals surface area contributed by atoms with Crippen molar-refractivity contribution in [3.05, 3.63) is 18.2 Å². The first-order chi connectivity index (χ1) is 11.0. The fourth-order valence-corrected chi connectivity index (χ4v) is 3.89. The van der Waals surface area contributed by atoms with E-state index in [-0.39, 0.29) is 11.8 Å². The summed E-state index contributed by atoms with van der Waals surface area (Å²) in [5.41, 5.74) is 0.993. The van der Waals surface area contributed by atoms with Crippen LogP contribution in [-0.4, -0.2) is 54.1 Å². The van der Waals surface area contributed by atoms with E-state index in [9.17, 15) is 13.2 Å². The summed E-state index contributed by atoms with van der Waals surface area (Å²) in [5.74, 6) is 0.531. The summed E-state index contributed by atoms with van der Waals surface area (Å²) in [4.78, 5) is 11.7. The number of nitrogens with one attached hydrogen (secondary N) is 2. The molecule has 0 bridgehead atoms. The van der Waals surface area contributed by atoms with E-state index in [0.717, 1.165) is 0 Å². The first-order valence-corrected chi connectivity index (χ1v) is 8.81. The minimum atomic E-state index is -3.28. The number of urea groups is 1. The molecule has 1 aliphatic heterocycles. The lowest BCUT2D eigenvalue weighted by Crippen LogP contribution is -2.31. The smallest absolute Gasteiger partial charge is 0.319 e. The highest BCUT2D eigenvalue weighted by molar-refractivity contribution is 7.93. The number of rotatable bonds is 6. The van der Waals surface area contributed by atoms with Gasteiger partial charge < -0.3 is 20.1 Å². The van der Waals surface area contributed by atoms with Gasteiger partial charge in [-0.15, -0.1) is 0 Å². The number of methoxy groups -OCH3 is 2. The molecule has 1 aromatic rings. The Morgan fingerprint density at radius 2 is 2.13 bits per heavy atom. The van der Waals surface area contributed by atoms with Gasteiger partial charge in [-0.1, -0.05) is 0 Å². The van der Waals surface area contributed by atoms with Crippen molar-refractivity contribution < 1.29 is 22.7 Å². The third-order valence-corrected chi connectivity index (χ3v) is 5.25. The van der Waals surface area contributed by atoms with E-state index in [0.29, 0.717) is 43.2 Å². The maximum absolute atomic E-state index is 12.0. The Labute approximate surface area is 135 Å². The molecule has 128 valence electrons. The third kappa shape index (κ3) is 4.26. The molecular weight excluding hydrogens is 322 g/mol. The molecule has 1 aliphatic rings. The summed E-state index contributed by atoms with van der Waals surface area (Å²) in [6, 6.07) is 4.50. The number of nitrogens with zero attached hydrogens (tertiary/aromatic N) is 1. The lowest BCUT2D eigenvalue weighted by molar-refractivity contribution is 0.198. The van der Waals surface area contributed by atoms with Crippen molar-refractivity contribution in [2.75, 3.05) is 49.3 Å². The molecule has 2 N–H and O–H groups in total. The van der Waals surface area contributed by atoms with Gasteiger partial charge in [0.15, 0.2) is 0 Å². The summed E-state index contributed by atoms with van der Waals surface area (Å²) >= 11 is 0. The van der Waals surface area contributed by atoms with Crippen molar-refractivity contribution in [1.29, 1.82) is 0 Å². The van der Waals surface area contributed by atoms with Gasteiger partial charge >= 0.3 is 6.03 Å². The van der Waals surface area contributed by atoms with E-state index in [2.05, 4.69) is 10.6 Å². The number of anilines is 2. The van der Waals surface area contributed by atoms with Crippen molar-refractivity contribution in [3.8, 4) is 5.75 Å². The zero-order valence-corrected chi connectivity index (χ0v) is 14.0. The molecule has 1 heterocycles. The Morgan fingerprint density at radius 1 is 1.35 bits per heavy atom. The minimum Gasteiger partial charge on any atom is -0.494 e. The van der Waals surface area contributed by atoms with Crippen molar-refractivity contribution in [3.63, 3.8) is 0 Å². The van der Waals surface area contributed by atoms with Crippen molar-refractivity contribution in [1.82, 2.24) is 5.32 Å². The highest BCUT2D eigenvalue weighted by Crippen LogP contribution is 2.35. The van der Waals surface area contributed by atoms with Crippen LogP contribution in [0.5, 0.6) is 5.75 Å². The van der Waals surface area contributed by atoms with Crippen LogP contribution >= 0.6 is 0 Å². The molecule has 0 aliphatic carbocycles. The summed E-state index contributed by atoms with van der Waals surface area (Å²) in [6.07, 6.45) is 0.591. The standard InChI is InChI=1S/C14H21N3O5S/c1-21-8-6-15-14(18)16-11-4-5-12(13(10-11)22-2)17-7-3-9-23(17,19)20/h4-5,10H,3,6-9H2,1-2H3,(H2,15,16,18). The second kappa shape index (κ2) is 7.51. The lowest BCUT2D eigenvalue weighted by Gasteiger charge is -2.20. The molecule has 0 atom stereocenters. The number of carbonyl (C=O) groups is 1.